The van der Waals surface area contributed by atoms with Gasteiger partial charge < -0.3 is 14.8 Å². The van der Waals surface area contributed by atoms with Crippen LogP contribution in [0, 0.1) is 0 Å². The lowest BCUT2D eigenvalue weighted by atomic mass is 9.85. The highest BCUT2D eigenvalue weighted by Crippen LogP contribution is 2.45. The first kappa shape index (κ1) is 31.7. The van der Waals surface area contributed by atoms with Gasteiger partial charge >= 0.3 is 0 Å². The van der Waals surface area contributed by atoms with Crippen molar-refractivity contribution in [1.82, 2.24) is 14.8 Å². The molecule has 1 aliphatic heterocycles. The zero-order valence-electron chi connectivity index (χ0n) is 25.8. The molecule has 0 amide bonds. The Bertz CT molecular complexity index is 1760. The molecule has 2 aliphatic rings. The Hall–Kier alpha value is -3.27. The zero-order valence-corrected chi connectivity index (χ0v) is 29.0. The van der Waals surface area contributed by atoms with Gasteiger partial charge in [0.05, 0.1) is 11.1 Å². The van der Waals surface area contributed by atoms with Gasteiger partial charge in [0.1, 0.15) is 12.6 Å². The molecule has 0 spiro atoms. The van der Waals surface area contributed by atoms with Gasteiger partial charge in [0.25, 0.3) is 0 Å². The Morgan fingerprint density at radius 3 is 2.60 bits per heavy atom. The number of ketones is 1. The van der Waals surface area contributed by atoms with E-state index < -0.39 is 6.04 Å². The molecule has 7 nitrogen and oxygen atoms in total. The number of thioether (sulfide) groups is 1. The van der Waals surface area contributed by atoms with Crippen molar-refractivity contribution in [2.75, 3.05) is 11.9 Å². The molecule has 1 N–H and O–H groups in total. The second-order valence-electron chi connectivity index (χ2n) is 12.2. The number of nitrogens with one attached hydrogen (secondary N) is 1. The molecule has 0 bridgehead atoms. The molecule has 1 atom stereocenters. The summed E-state index contributed by atoms with van der Waals surface area (Å²) in [6.45, 7) is 9.42. The fraction of sp³-hybridized carbons (Fsp3) is 0.343. The van der Waals surface area contributed by atoms with Crippen LogP contribution in [0.2, 0.25) is 5.02 Å². The van der Waals surface area contributed by atoms with Gasteiger partial charge in [-0.05, 0) is 81.6 Å². The summed E-state index contributed by atoms with van der Waals surface area (Å²) >= 11 is 11.7. The van der Waals surface area contributed by atoms with E-state index in [1.165, 1.54) is 17.3 Å². The molecule has 1 unspecified atom stereocenters. The highest BCUT2D eigenvalue weighted by molar-refractivity contribution is 9.10. The lowest BCUT2D eigenvalue weighted by Crippen LogP contribution is -2.31. The first-order valence-electron chi connectivity index (χ1n) is 15.2. The van der Waals surface area contributed by atoms with Crippen LogP contribution in [0.4, 0.5) is 5.95 Å². The molecule has 0 fully saturated rings. The Morgan fingerprint density at radius 1 is 1.09 bits per heavy atom. The Labute approximate surface area is 281 Å². The number of carbonyl (C=O) groups is 1. The summed E-state index contributed by atoms with van der Waals surface area (Å²) in [6, 6.07) is 19.8. The maximum atomic E-state index is 13.4. The number of halogens is 2. The lowest BCUT2D eigenvalue weighted by Gasteiger charge is -2.32. The fourth-order valence-corrected chi connectivity index (χ4v) is 7.36. The molecule has 10 heteroatoms. The average Bonchev–Trinajstić information content (AvgIpc) is 3.41. The van der Waals surface area contributed by atoms with E-state index in [2.05, 4.69) is 66.3 Å². The van der Waals surface area contributed by atoms with Crippen LogP contribution in [0.1, 0.15) is 75.3 Å². The van der Waals surface area contributed by atoms with Crippen LogP contribution in [0.15, 0.2) is 81.6 Å². The monoisotopic (exact) mass is 706 g/mol. The van der Waals surface area contributed by atoms with Gasteiger partial charge in [-0.25, -0.2) is 4.68 Å². The number of anilines is 1. The zero-order chi connectivity index (χ0) is 31.7. The third-order valence-electron chi connectivity index (χ3n) is 8.01. The number of carbonyl (C=O) groups excluding carboxylic acids is 1. The number of hydrogen-bond donors (Lipinski definition) is 1. The van der Waals surface area contributed by atoms with Crippen molar-refractivity contribution in [2.45, 2.75) is 75.9 Å². The van der Waals surface area contributed by atoms with Crippen LogP contribution in [0.5, 0.6) is 11.5 Å². The Kier molecular flexibility index (Phi) is 9.32. The normalized spacial score (nSPS) is 16.2. The van der Waals surface area contributed by atoms with Crippen LogP contribution in [0.25, 0.3) is 0 Å². The van der Waals surface area contributed by atoms with Crippen molar-refractivity contribution in [2.24, 2.45) is 0 Å². The largest absolute Gasteiger partial charge is 0.490 e. The summed E-state index contributed by atoms with van der Waals surface area (Å²) in [6.07, 6.45) is 2.09. The predicted molar refractivity (Wildman–Crippen MR) is 183 cm³/mol. The number of fused-ring (bicyclic) bond motifs is 1. The van der Waals surface area contributed by atoms with Gasteiger partial charge in [-0.3, -0.25) is 4.79 Å². The topological polar surface area (TPSA) is 78.3 Å². The molecule has 0 saturated carbocycles. The molecular weight excluding hydrogens is 672 g/mol. The number of hydrogen-bond acceptors (Lipinski definition) is 7. The first-order valence-corrected chi connectivity index (χ1v) is 17.3. The molecule has 4 aromatic rings. The number of Topliss-reactive ketones (excluding diaryl/α,β-unsaturated/α-hetero) is 1. The number of allylic oxidation sites excluding steroid dienone is 2. The third-order valence-corrected chi connectivity index (χ3v) is 9.86. The molecular formula is C35H36BrClN4O3S. The molecule has 2 heterocycles. The lowest BCUT2D eigenvalue weighted by molar-refractivity contribution is -0.116. The maximum absolute atomic E-state index is 13.4. The number of nitrogens with zero attached hydrogens (tertiary/aromatic N) is 3. The minimum absolute atomic E-state index is 0.0864. The second-order valence-corrected chi connectivity index (χ2v) is 14.4. The molecule has 1 aliphatic carbocycles. The van der Waals surface area contributed by atoms with Crippen molar-refractivity contribution in [1.29, 1.82) is 0 Å². The molecule has 1 aromatic heterocycles. The fourth-order valence-electron chi connectivity index (χ4n) is 5.67. The van der Waals surface area contributed by atoms with Crippen molar-refractivity contribution in [3.8, 4) is 11.5 Å². The molecule has 3 aromatic carbocycles. The minimum atomic E-state index is -0.458. The SMILES string of the molecule is CCOc1cc(C2C3=C(CCCC3=O)Nc3nc(SCc4ccccc4Cl)nn32)cc(Br)c1OCc1ccc(C(C)(C)C)cc1. The predicted octanol–water partition coefficient (Wildman–Crippen LogP) is 9.28. The molecule has 0 radical (unpaired) electrons. The van der Waals surface area contributed by atoms with E-state index in [4.69, 9.17) is 31.2 Å². The van der Waals surface area contributed by atoms with Gasteiger partial charge in [0.15, 0.2) is 17.3 Å². The van der Waals surface area contributed by atoms with Crippen molar-refractivity contribution < 1.29 is 14.3 Å². The van der Waals surface area contributed by atoms with Gasteiger partial charge in [-0.1, -0.05) is 86.6 Å². The van der Waals surface area contributed by atoms with Gasteiger partial charge in [-0.2, -0.15) is 4.98 Å². The third kappa shape index (κ3) is 6.81. The highest BCUT2D eigenvalue weighted by Gasteiger charge is 2.37. The second kappa shape index (κ2) is 13.2. The quantitative estimate of drug-likeness (QED) is 0.174. The summed E-state index contributed by atoms with van der Waals surface area (Å²) in [5.74, 6) is 2.59. The molecule has 0 saturated heterocycles. The first-order chi connectivity index (χ1) is 21.6. The summed E-state index contributed by atoms with van der Waals surface area (Å²) in [5, 5.41) is 9.63. The molecule has 234 valence electrons. The number of ether oxygens (including phenoxy) is 2. The Balaban J connectivity index is 1.33. The van der Waals surface area contributed by atoms with Gasteiger partial charge in [0.2, 0.25) is 11.1 Å². The van der Waals surface area contributed by atoms with Gasteiger partial charge in [0, 0.05) is 28.5 Å². The van der Waals surface area contributed by atoms with E-state index in [1.807, 2.05) is 48.0 Å². The number of benzene rings is 3. The van der Waals surface area contributed by atoms with Crippen molar-refractivity contribution in [3.63, 3.8) is 0 Å². The highest BCUT2D eigenvalue weighted by atomic mass is 79.9. The van der Waals surface area contributed by atoms with E-state index in [1.54, 1.807) is 0 Å². The van der Waals surface area contributed by atoms with E-state index in [-0.39, 0.29) is 11.2 Å². The van der Waals surface area contributed by atoms with Crippen molar-refractivity contribution in [3.05, 3.63) is 104 Å². The van der Waals surface area contributed by atoms with Crippen LogP contribution in [-0.2, 0) is 22.6 Å². The molecule has 45 heavy (non-hydrogen) atoms. The van der Waals surface area contributed by atoms with Crippen LogP contribution in [0.3, 0.4) is 0 Å². The summed E-state index contributed by atoms with van der Waals surface area (Å²) in [7, 11) is 0. The van der Waals surface area contributed by atoms with E-state index in [9.17, 15) is 4.79 Å². The average molecular weight is 708 g/mol. The smallest absolute Gasteiger partial charge is 0.227 e. The van der Waals surface area contributed by atoms with E-state index in [0.717, 1.165) is 45.3 Å². The molecule has 6 rings (SSSR count). The standard InChI is InChI=1S/C35H36BrClN4O3S/c1-5-43-29-18-23(17-25(36)32(29)44-19-21-13-15-24(16-14-21)35(2,3)4)31-30-27(11-8-12-28(30)42)38-33-39-34(40-41(31)33)45-20-22-9-6-7-10-26(22)37/h6-7,9-10,13-18,31H,5,8,11-12,19-20H2,1-4H3,(H,38,39,40). The summed E-state index contributed by atoms with van der Waals surface area (Å²) in [4.78, 5) is 18.3. The summed E-state index contributed by atoms with van der Waals surface area (Å²) in [5.41, 5.74) is 5.94. The van der Waals surface area contributed by atoms with E-state index >= 15 is 0 Å². The van der Waals surface area contributed by atoms with Crippen LogP contribution >= 0.6 is 39.3 Å². The number of aromatic nitrogens is 3. The number of rotatable bonds is 9. The maximum Gasteiger partial charge on any atom is 0.227 e. The van der Waals surface area contributed by atoms with Gasteiger partial charge in [-0.15, -0.1) is 5.10 Å². The summed E-state index contributed by atoms with van der Waals surface area (Å²) < 4.78 is 15.0. The van der Waals surface area contributed by atoms with Crippen LogP contribution in [-0.4, -0.2) is 27.2 Å². The minimum Gasteiger partial charge on any atom is -0.490 e. The Morgan fingerprint density at radius 2 is 1.87 bits per heavy atom. The van der Waals surface area contributed by atoms with E-state index in [0.29, 0.717) is 53.0 Å². The van der Waals surface area contributed by atoms with Crippen molar-refractivity contribution >= 4 is 51.0 Å². The van der Waals surface area contributed by atoms with Crippen LogP contribution < -0.4 is 14.8 Å².